The average molecular weight is 173 g/mol. The molecule has 1 atom stereocenters. The maximum atomic E-state index is 11.3. The topological polar surface area (TPSA) is 52.3 Å². The molecule has 0 amide bonds. The molecule has 0 spiro atoms. The number of hydrogen-bond acceptors (Lipinski definition) is 3. The summed E-state index contributed by atoms with van der Waals surface area (Å²) in [5.41, 5.74) is 4.97. The highest BCUT2D eigenvalue weighted by Crippen LogP contribution is 2.16. The van der Waals surface area contributed by atoms with Crippen molar-refractivity contribution < 1.29 is 9.53 Å². The van der Waals surface area contributed by atoms with Crippen LogP contribution < -0.4 is 5.73 Å². The van der Waals surface area contributed by atoms with Crippen molar-refractivity contribution in [2.75, 3.05) is 6.54 Å². The minimum atomic E-state index is -0.428. The Bertz CT molecular complexity index is 145. The Labute approximate surface area is 74.3 Å². The number of nitrogens with two attached hydrogens (primary N) is 1. The molecule has 0 heterocycles. The van der Waals surface area contributed by atoms with Crippen LogP contribution >= 0.6 is 0 Å². The van der Waals surface area contributed by atoms with Gasteiger partial charge >= 0.3 is 5.97 Å². The van der Waals surface area contributed by atoms with Crippen molar-refractivity contribution in [2.24, 2.45) is 11.1 Å². The Morgan fingerprint density at radius 3 is 2.25 bits per heavy atom. The Hall–Kier alpha value is -0.570. The second-order valence-electron chi connectivity index (χ2n) is 3.92. The van der Waals surface area contributed by atoms with Crippen LogP contribution in [0.2, 0.25) is 0 Å². The molecule has 0 aromatic carbocycles. The normalized spacial score (nSPS) is 14.1. The lowest BCUT2D eigenvalue weighted by Crippen LogP contribution is -2.32. The first-order chi connectivity index (χ1) is 5.41. The molecule has 3 heteroatoms. The summed E-state index contributed by atoms with van der Waals surface area (Å²) in [6.45, 7) is 7.85. The predicted octanol–water partition coefficient (Wildman–Crippen LogP) is 1.31. The summed E-state index contributed by atoms with van der Waals surface area (Å²) in [4.78, 5) is 11.3. The molecule has 0 aromatic heterocycles. The number of carbonyl (C=O) groups excluding carboxylic acids is 1. The fraction of sp³-hybridized carbons (Fsp3) is 0.889. The first kappa shape index (κ1) is 11.4. The average Bonchev–Trinajstić information content (AvgIpc) is 1.97. The van der Waals surface area contributed by atoms with Crippen LogP contribution in [0.15, 0.2) is 0 Å². The molecule has 2 N–H and O–H groups in total. The van der Waals surface area contributed by atoms with Gasteiger partial charge in [0.1, 0.15) is 6.10 Å². The summed E-state index contributed by atoms with van der Waals surface area (Å²) in [5, 5.41) is 0. The van der Waals surface area contributed by atoms with Crippen LogP contribution in [0.25, 0.3) is 0 Å². The van der Waals surface area contributed by atoms with E-state index in [1.54, 1.807) is 0 Å². The van der Waals surface area contributed by atoms with Gasteiger partial charge in [0, 0.05) is 6.54 Å². The number of hydrogen-bond donors (Lipinski definition) is 1. The van der Waals surface area contributed by atoms with Gasteiger partial charge in [-0.05, 0) is 27.2 Å². The van der Waals surface area contributed by atoms with Gasteiger partial charge in [0.05, 0.1) is 5.41 Å². The van der Waals surface area contributed by atoms with Crippen LogP contribution in [-0.4, -0.2) is 18.6 Å². The van der Waals surface area contributed by atoms with Gasteiger partial charge in [-0.25, -0.2) is 0 Å². The molecule has 0 fully saturated rings. The molecule has 3 nitrogen and oxygen atoms in total. The van der Waals surface area contributed by atoms with Gasteiger partial charge in [0.25, 0.3) is 0 Å². The fourth-order valence-corrected chi connectivity index (χ4v) is 0.626. The minimum Gasteiger partial charge on any atom is -0.461 e. The monoisotopic (exact) mass is 173 g/mol. The van der Waals surface area contributed by atoms with Gasteiger partial charge in [-0.2, -0.15) is 0 Å². The van der Waals surface area contributed by atoms with Crippen LogP contribution in [0, 0.1) is 5.41 Å². The molecule has 72 valence electrons. The minimum absolute atomic E-state index is 0.128. The lowest BCUT2D eigenvalue weighted by atomic mass is 9.97. The highest BCUT2D eigenvalue weighted by atomic mass is 16.5. The molecular formula is C9H19NO2. The summed E-state index contributed by atoms with van der Waals surface area (Å²) in [6, 6.07) is 0. The van der Waals surface area contributed by atoms with Gasteiger partial charge in [-0.15, -0.1) is 0 Å². The quantitative estimate of drug-likeness (QED) is 0.655. The molecule has 0 rings (SSSR count). The molecule has 1 unspecified atom stereocenters. The van der Waals surface area contributed by atoms with Crippen LogP contribution in [0.5, 0.6) is 0 Å². The van der Waals surface area contributed by atoms with Gasteiger partial charge < -0.3 is 10.5 Å². The Balaban J connectivity index is 3.99. The molecular weight excluding hydrogens is 154 g/mol. The number of ether oxygens (including phenoxy) is 1. The maximum Gasteiger partial charge on any atom is 0.311 e. The molecule has 0 aliphatic heterocycles. The van der Waals surface area contributed by atoms with E-state index in [2.05, 4.69) is 0 Å². The highest BCUT2D eigenvalue weighted by Gasteiger charge is 2.25. The van der Waals surface area contributed by atoms with E-state index in [1.807, 2.05) is 27.7 Å². The van der Waals surface area contributed by atoms with Gasteiger partial charge in [-0.3, -0.25) is 4.79 Å². The van der Waals surface area contributed by atoms with Gasteiger partial charge in [0.15, 0.2) is 0 Å². The zero-order chi connectivity index (χ0) is 9.78. The van der Waals surface area contributed by atoms with Crippen molar-refractivity contribution in [3.05, 3.63) is 0 Å². The maximum absolute atomic E-state index is 11.3. The Morgan fingerprint density at radius 2 is 2.00 bits per heavy atom. The van der Waals surface area contributed by atoms with Crippen LogP contribution in [-0.2, 0) is 9.53 Å². The molecule has 0 radical (unpaired) electrons. The van der Waals surface area contributed by atoms with Gasteiger partial charge in [-0.1, -0.05) is 6.92 Å². The molecule has 0 aromatic rings. The van der Waals surface area contributed by atoms with Crippen molar-refractivity contribution in [3.63, 3.8) is 0 Å². The van der Waals surface area contributed by atoms with E-state index in [4.69, 9.17) is 10.5 Å². The number of rotatable bonds is 3. The number of esters is 1. The fourth-order valence-electron chi connectivity index (χ4n) is 0.626. The predicted molar refractivity (Wildman–Crippen MR) is 48.7 cm³/mol. The lowest BCUT2D eigenvalue weighted by molar-refractivity contribution is -0.158. The van der Waals surface area contributed by atoms with E-state index in [0.717, 1.165) is 6.42 Å². The Kier molecular flexibility index (Phi) is 4.24. The summed E-state index contributed by atoms with van der Waals surface area (Å²) in [6.07, 6.45) is 0.648. The molecule has 12 heavy (non-hydrogen) atoms. The van der Waals surface area contributed by atoms with Crippen LogP contribution in [0.3, 0.4) is 0 Å². The second-order valence-corrected chi connectivity index (χ2v) is 3.92. The zero-order valence-electron chi connectivity index (χ0n) is 8.39. The van der Waals surface area contributed by atoms with E-state index in [9.17, 15) is 4.79 Å². The smallest absolute Gasteiger partial charge is 0.311 e. The first-order valence-electron chi connectivity index (χ1n) is 4.33. The van der Waals surface area contributed by atoms with E-state index >= 15 is 0 Å². The third-order valence-electron chi connectivity index (χ3n) is 1.60. The van der Waals surface area contributed by atoms with Crippen molar-refractivity contribution >= 4 is 5.97 Å². The van der Waals surface area contributed by atoms with E-state index < -0.39 is 5.41 Å². The summed E-state index contributed by atoms with van der Waals surface area (Å²) in [7, 11) is 0. The molecule has 0 aliphatic rings. The van der Waals surface area contributed by atoms with Crippen molar-refractivity contribution in [3.8, 4) is 0 Å². The third-order valence-corrected chi connectivity index (χ3v) is 1.60. The van der Waals surface area contributed by atoms with Crippen molar-refractivity contribution in [1.29, 1.82) is 0 Å². The standard InChI is InChI=1S/C9H19NO2/c1-5-7(6-10)12-8(11)9(2,3)4/h7H,5-6,10H2,1-4H3. The van der Waals surface area contributed by atoms with Crippen LogP contribution in [0.4, 0.5) is 0 Å². The molecule has 0 bridgehead atoms. The first-order valence-corrected chi connectivity index (χ1v) is 4.33. The summed E-state index contributed by atoms with van der Waals surface area (Å²) < 4.78 is 5.15. The van der Waals surface area contributed by atoms with Crippen molar-refractivity contribution in [2.45, 2.75) is 40.2 Å². The van der Waals surface area contributed by atoms with E-state index in [0.29, 0.717) is 6.54 Å². The molecule has 0 aliphatic carbocycles. The van der Waals surface area contributed by atoms with Gasteiger partial charge in [0.2, 0.25) is 0 Å². The lowest BCUT2D eigenvalue weighted by Gasteiger charge is -2.21. The molecule has 0 saturated heterocycles. The van der Waals surface area contributed by atoms with Crippen LogP contribution in [0.1, 0.15) is 34.1 Å². The van der Waals surface area contributed by atoms with Crippen molar-refractivity contribution in [1.82, 2.24) is 0 Å². The Morgan fingerprint density at radius 1 is 1.50 bits per heavy atom. The largest absolute Gasteiger partial charge is 0.461 e. The summed E-state index contributed by atoms with van der Waals surface area (Å²) >= 11 is 0. The summed E-state index contributed by atoms with van der Waals surface area (Å²) in [5.74, 6) is -0.181. The third kappa shape index (κ3) is 3.72. The van der Waals surface area contributed by atoms with E-state index in [-0.39, 0.29) is 12.1 Å². The molecule has 0 saturated carbocycles. The van der Waals surface area contributed by atoms with E-state index in [1.165, 1.54) is 0 Å². The SMILES string of the molecule is CCC(CN)OC(=O)C(C)(C)C. The second kappa shape index (κ2) is 4.45. The highest BCUT2D eigenvalue weighted by molar-refractivity contribution is 5.75. The zero-order valence-corrected chi connectivity index (χ0v) is 8.39. The number of carbonyl (C=O) groups is 1.